The molecule has 5 heteroatoms. The molecule has 0 bridgehead atoms. The first-order valence-corrected chi connectivity index (χ1v) is 6.58. The summed E-state index contributed by atoms with van der Waals surface area (Å²) in [5.41, 5.74) is 5.66. The van der Waals surface area contributed by atoms with Gasteiger partial charge in [-0.1, -0.05) is 6.92 Å². The Hall–Kier alpha value is -0.320. The van der Waals surface area contributed by atoms with Crippen LogP contribution in [0.15, 0.2) is 0 Å². The van der Waals surface area contributed by atoms with Gasteiger partial charge in [0.15, 0.2) is 0 Å². The van der Waals surface area contributed by atoms with E-state index in [2.05, 4.69) is 17.1 Å². The Bertz CT molecular complexity index is 265. The topological polar surface area (TPSA) is 58.4 Å². The van der Waals surface area contributed by atoms with Crippen molar-refractivity contribution >= 4 is 18.3 Å². The van der Waals surface area contributed by atoms with Crippen molar-refractivity contribution in [2.24, 2.45) is 11.7 Å². The molecule has 18 heavy (non-hydrogen) atoms. The zero-order chi connectivity index (χ0) is 13.1. The van der Waals surface area contributed by atoms with Gasteiger partial charge in [-0.3, -0.25) is 9.69 Å². The monoisotopic (exact) mass is 277 g/mol. The maximum atomic E-state index is 11.9. The van der Waals surface area contributed by atoms with E-state index in [1.54, 1.807) is 0 Å². The van der Waals surface area contributed by atoms with Gasteiger partial charge in [-0.05, 0) is 46.1 Å². The zero-order valence-electron chi connectivity index (χ0n) is 12.0. The highest BCUT2D eigenvalue weighted by atomic mass is 35.5. The van der Waals surface area contributed by atoms with E-state index in [0.717, 1.165) is 6.54 Å². The Morgan fingerprint density at radius 3 is 2.56 bits per heavy atom. The standard InChI is InChI=1S/C13H27N3O.ClH/c1-10-6-5-7-16(11(10)8-14)9-12(17)15-13(2,3)4;/h10-11H,5-9,14H2,1-4H3,(H,15,17);1H. The summed E-state index contributed by atoms with van der Waals surface area (Å²) in [6.07, 6.45) is 2.39. The van der Waals surface area contributed by atoms with Crippen molar-refractivity contribution < 1.29 is 4.79 Å². The second-order valence-corrected chi connectivity index (χ2v) is 6.19. The Morgan fingerprint density at radius 1 is 1.44 bits per heavy atom. The number of hydrogen-bond acceptors (Lipinski definition) is 3. The molecule has 0 saturated carbocycles. The molecule has 0 aromatic heterocycles. The smallest absolute Gasteiger partial charge is 0.234 e. The van der Waals surface area contributed by atoms with Crippen LogP contribution in [-0.4, -0.2) is 42.0 Å². The lowest BCUT2D eigenvalue weighted by Crippen LogP contribution is -2.53. The van der Waals surface area contributed by atoms with Gasteiger partial charge in [0, 0.05) is 18.1 Å². The predicted molar refractivity (Wildman–Crippen MR) is 78.0 cm³/mol. The quantitative estimate of drug-likeness (QED) is 0.819. The van der Waals surface area contributed by atoms with Crippen molar-refractivity contribution in [2.45, 2.75) is 52.1 Å². The number of hydrogen-bond donors (Lipinski definition) is 2. The number of nitrogens with two attached hydrogens (primary N) is 1. The highest BCUT2D eigenvalue weighted by Crippen LogP contribution is 2.22. The predicted octanol–water partition coefficient (Wildman–Crippen LogP) is 1.38. The van der Waals surface area contributed by atoms with E-state index in [1.165, 1.54) is 12.8 Å². The van der Waals surface area contributed by atoms with E-state index >= 15 is 0 Å². The first-order chi connectivity index (χ1) is 7.83. The van der Waals surface area contributed by atoms with Gasteiger partial charge >= 0.3 is 0 Å². The number of piperidine rings is 1. The third-order valence-electron chi connectivity index (χ3n) is 3.33. The first-order valence-electron chi connectivity index (χ1n) is 6.58. The number of carbonyl (C=O) groups is 1. The Kier molecular flexibility index (Phi) is 7.18. The summed E-state index contributed by atoms with van der Waals surface area (Å²) in [5, 5.41) is 3.00. The first kappa shape index (κ1) is 17.7. The van der Waals surface area contributed by atoms with Crippen LogP contribution in [0.1, 0.15) is 40.5 Å². The number of nitrogens with one attached hydrogen (secondary N) is 1. The van der Waals surface area contributed by atoms with Crippen LogP contribution in [0.5, 0.6) is 0 Å². The summed E-state index contributed by atoms with van der Waals surface area (Å²) >= 11 is 0. The van der Waals surface area contributed by atoms with Crippen molar-refractivity contribution in [1.29, 1.82) is 0 Å². The van der Waals surface area contributed by atoms with Crippen molar-refractivity contribution in [3.05, 3.63) is 0 Å². The molecule has 0 radical (unpaired) electrons. The highest BCUT2D eigenvalue weighted by Gasteiger charge is 2.29. The van der Waals surface area contributed by atoms with Crippen LogP contribution in [0.4, 0.5) is 0 Å². The van der Waals surface area contributed by atoms with Crippen LogP contribution in [0.25, 0.3) is 0 Å². The molecule has 0 aromatic rings. The molecule has 1 amide bonds. The van der Waals surface area contributed by atoms with Crippen LogP contribution in [-0.2, 0) is 4.79 Å². The van der Waals surface area contributed by atoms with Crippen LogP contribution in [0.3, 0.4) is 0 Å². The van der Waals surface area contributed by atoms with Crippen LogP contribution < -0.4 is 11.1 Å². The molecule has 0 spiro atoms. The third kappa shape index (κ3) is 5.55. The second-order valence-electron chi connectivity index (χ2n) is 6.19. The molecular formula is C13H28ClN3O. The van der Waals surface area contributed by atoms with Crippen molar-refractivity contribution in [3.8, 4) is 0 Å². The SMILES string of the molecule is CC1CCCN(CC(=O)NC(C)(C)C)C1CN.Cl. The second kappa shape index (κ2) is 7.31. The number of rotatable bonds is 3. The number of halogens is 1. The summed E-state index contributed by atoms with van der Waals surface area (Å²) in [6, 6.07) is 0.356. The van der Waals surface area contributed by atoms with Gasteiger partial charge < -0.3 is 11.1 Å². The number of nitrogens with zero attached hydrogens (tertiary/aromatic N) is 1. The highest BCUT2D eigenvalue weighted by molar-refractivity contribution is 5.85. The lowest BCUT2D eigenvalue weighted by atomic mass is 9.91. The number of carbonyl (C=O) groups excluding carboxylic acids is 1. The van der Waals surface area contributed by atoms with Gasteiger partial charge in [0.1, 0.15) is 0 Å². The van der Waals surface area contributed by atoms with E-state index in [-0.39, 0.29) is 23.9 Å². The zero-order valence-corrected chi connectivity index (χ0v) is 12.8. The molecular weight excluding hydrogens is 250 g/mol. The molecule has 2 unspecified atom stereocenters. The minimum Gasteiger partial charge on any atom is -0.350 e. The molecule has 1 rings (SSSR count). The summed E-state index contributed by atoms with van der Waals surface area (Å²) in [5.74, 6) is 0.696. The fourth-order valence-corrected chi connectivity index (χ4v) is 2.55. The fourth-order valence-electron chi connectivity index (χ4n) is 2.55. The van der Waals surface area contributed by atoms with Gasteiger partial charge in [0.2, 0.25) is 5.91 Å². The summed E-state index contributed by atoms with van der Waals surface area (Å²) in [6.45, 7) is 10.3. The van der Waals surface area contributed by atoms with E-state index in [9.17, 15) is 4.79 Å². The Morgan fingerprint density at radius 2 is 2.06 bits per heavy atom. The molecule has 2 atom stereocenters. The maximum absolute atomic E-state index is 11.9. The molecule has 1 fully saturated rings. The van der Waals surface area contributed by atoms with Crippen LogP contribution in [0.2, 0.25) is 0 Å². The molecule has 4 nitrogen and oxygen atoms in total. The van der Waals surface area contributed by atoms with Gasteiger partial charge in [-0.15, -0.1) is 12.4 Å². The minimum atomic E-state index is -0.156. The molecule has 0 aliphatic carbocycles. The van der Waals surface area contributed by atoms with Crippen molar-refractivity contribution in [3.63, 3.8) is 0 Å². The number of likely N-dealkylation sites (tertiary alicyclic amines) is 1. The average Bonchev–Trinajstić information content (AvgIpc) is 2.14. The van der Waals surface area contributed by atoms with E-state index in [0.29, 0.717) is 25.0 Å². The molecule has 108 valence electrons. The van der Waals surface area contributed by atoms with Crippen LogP contribution in [0, 0.1) is 5.92 Å². The Labute approximate surface area is 117 Å². The molecule has 1 aliphatic heterocycles. The normalized spacial score (nSPS) is 25.4. The lowest BCUT2D eigenvalue weighted by Gasteiger charge is -2.39. The van der Waals surface area contributed by atoms with Gasteiger partial charge in [-0.2, -0.15) is 0 Å². The molecule has 1 saturated heterocycles. The Balaban J connectivity index is 0.00000289. The molecule has 0 aromatic carbocycles. The van der Waals surface area contributed by atoms with E-state index in [1.807, 2.05) is 20.8 Å². The summed E-state index contributed by atoms with van der Waals surface area (Å²) in [7, 11) is 0. The van der Waals surface area contributed by atoms with Gasteiger partial charge in [-0.25, -0.2) is 0 Å². The summed E-state index contributed by atoms with van der Waals surface area (Å²) in [4.78, 5) is 14.1. The molecule has 1 heterocycles. The van der Waals surface area contributed by atoms with Gasteiger partial charge in [0.25, 0.3) is 0 Å². The molecule has 3 N–H and O–H groups in total. The molecule has 1 aliphatic rings. The van der Waals surface area contributed by atoms with E-state index < -0.39 is 0 Å². The lowest BCUT2D eigenvalue weighted by molar-refractivity contribution is -0.124. The minimum absolute atomic E-state index is 0. The van der Waals surface area contributed by atoms with E-state index in [4.69, 9.17) is 5.73 Å². The average molecular weight is 278 g/mol. The van der Waals surface area contributed by atoms with Crippen molar-refractivity contribution in [1.82, 2.24) is 10.2 Å². The fraction of sp³-hybridized carbons (Fsp3) is 0.923. The largest absolute Gasteiger partial charge is 0.350 e. The third-order valence-corrected chi connectivity index (χ3v) is 3.33. The maximum Gasteiger partial charge on any atom is 0.234 e. The van der Waals surface area contributed by atoms with Gasteiger partial charge in [0.05, 0.1) is 6.54 Å². The summed E-state index contributed by atoms with van der Waals surface area (Å²) < 4.78 is 0. The van der Waals surface area contributed by atoms with Crippen LogP contribution >= 0.6 is 12.4 Å². The van der Waals surface area contributed by atoms with Crippen molar-refractivity contribution in [2.75, 3.05) is 19.6 Å². The number of amides is 1.